The second kappa shape index (κ2) is 7.69. The number of hydroxylamine groups is 2. The van der Waals surface area contributed by atoms with E-state index in [1.165, 1.54) is 0 Å². The van der Waals surface area contributed by atoms with E-state index >= 15 is 0 Å². The molecule has 0 N–H and O–H groups in total. The fourth-order valence-electron chi connectivity index (χ4n) is 2.37. The monoisotopic (exact) mass is 422 g/mol. The molecule has 0 spiro atoms. The Balaban J connectivity index is 1.53. The van der Waals surface area contributed by atoms with Gasteiger partial charge in [-0.15, -0.1) is 0 Å². The predicted molar refractivity (Wildman–Crippen MR) is 91.6 cm³/mol. The maximum absolute atomic E-state index is 11.6. The van der Waals surface area contributed by atoms with Crippen molar-refractivity contribution in [2.45, 2.75) is 26.2 Å². The number of amides is 2. The SMILES string of the molecule is Cc1oc(-c2ccc(Br)cc2)nc1CCOC(=O)ON1C(=O)CCC1=O. The summed E-state index contributed by atoms with van der Waals surface area (Å²) in [5, 5.41) is 0.440. The Morgan fingerprint density at radius 1 is 1.23 bits per heavy atom. The van der Waals surface area contributed by atoms with E-state index in [4.69, 9.17) is 9.15 Å². The number of oxazole rings is 1. The summed E-state index contributed by atoms with van der Waals surface area (Å²) >= 11 is 3.37. The van der Waals surface area contributed by atoms with E-state index in [2.05, 4.69) is 25.8 Å². The minimum absolute atomic E-state index is 0.0256. The van der Waals surface area contributed by atoms with Gasteiger partial charge in [-0.1, -0.05) is 21.0 Å². The molecule has 0 saturated carbocycles. The maximum atomic E-state index is 11.6. The maximum Gasteiger partial charge on any atom is 0.533 e. The van der Waals surface area contributed by atoms with E-state index in [-0.39, 0.29) is 19.4 Å². The quantitative estimate of drug-likeness (QED) is 0.538. The molecule has 0 radical (unpaired) electrons. The molecular formula is C17H15BrN2O6. The third-order valence-electron chi connectivity index (χ3n) is 3.71. The van der Waals surface area contributed by atoms with Crippen LogP contribution in [0, 0.1) is 6.92 Å². The van der Waals surface area contributed by atoms with E-state index in [0.717, 1.165) is 10.0 Å². The summed E-state index contributed by atoms with van der Waals surface area (Å²) in [5.41, 5.74) is 1.47. The molecule has 1 saturated heterocycles. The smallest absolute Gasteiger partial charge is 0.441 e. The highest BCUT2D eigenvalue weighted by Crippen LogP contribution is 2.23. The second-order valence-electron chi connectivity index (χ2n) is 5.55. The van der Waals surface area contributed by atoms with Crippen molar-refractivity contribution in [1.82, 2.24) is 10.0 Å². The molecule has 0 atom stereocenters. The molecular weight excluding hydrogens is 408 g/mol. The first-order chi connectivity index (χ1) is 12.4. The van der Waals surface area contributed by atoms with E-state index in [0.29, 0.717) is 28.8 Å². The van der Waals surface area contributed by atoms with E-state index in [1.807, 2.05) is 24.3 Å². The predicted octanol–water partition coefficient (Wildman–Crippen LogP) is 3.17. The normalized spacial score (nSPS) is 14.0. The summed E-state index contributed by atoms with van der Waals surface area (Å²) in [4.78, 5) is 43.3. The number of nitrogens with zero attached hydrogens (tertiary/aromatic N) is 2. The minimum Gasteiger partial charge on any atom is -0.441 e. The van der Waals surface area contributed by atoms with Crippen molar-refractivity contribution in [3.05, 3.63) is 40.2 Å². The first kappa shape index (κ1) is 18.1. The largest absolute Gasteiger partial charge is 0.533 e. The summed E-state index contributed by atoms with van der Waals surface area (Å²) in [7, 11) is 0. The van der Waals surface area contributed by atoms with Crippen molar-refractivity contribution in [3.8, 4) is 11.5 Å². The molecule has 3 rings (SSSR count). The van der Waals surface area contributed by atoms with Crippen LogP contribution in [0.25, 0.3) is 11.5 Å². The molecule has 2 heterocycles. The van der Waals surface area contributed by atoms with Crippen LogP contribution in [0.4, 0.5) is 4.79 Å². The summed E-state index contributed by atoms with van der Waals surface area (Å²) in [6.07, 6.45) is -0.738. The fourth-order valence-corrected chi connectivity index (χ4v) is 2.63. The molecule has 1 fully saturated rings. The summed E-state index contributed by atoms with van der Waals surface area (Å²) in [6, 6.07) is 7.51. The standard InChI is InChI=1S/C17H15BrN2O6/c1-10-13(19-16(25-10)11-2-4-12(18)5-3-11)8-9-24-17(23)26-20-14(21)6-7-15(20)22/h2-5H,6-9H2,1H3. The highest BCUT2D eigenvalue weighted by atomic mass is 79.9. The minimum atomic E-state index is -1.11. The highest BCUT2D eigenvalue weighted by Gasteiger charge is 2.33. The molecule has 1 aliphatic heterocycles. The van der Waals surface area contributed by atoms with Gasteiger partial charge in [0.2, 0.25) is 5.89 Å². The van der Waals surface area contributed by atoms with E-state index < -0.39 is 18.0 Å². The summed E-state index contributed by atoms with van der Waals surface area (Å²) < 4.78 is 11.5. The molecule has 2 aromatic rings. The van der Waals surface area contributed by atoms with Crippen LogP contribution in [0.5, 0.6) is 0 Å². The fraction of sp³-hybridized carbons (Fsp3) is 0.294. The van der Waals surface area contributed by atoms with Crippen LogP contribution in [0.1, 0.15) is 24.3 Å². The zero-order valence-electron chi connectivity index (χ0n) is 13.9. The molecule has 1 aliphatic rings. The zero-order valence-corrected chi connectivity index (χ0v) is 15.4. The molecule has 136 valence electrons. The highest BCUT2D eigenvalue weighted by molar-refractivity contribution is 9.10. The van der Waals surface area contributed by atoms with E-state index in [1.54, 1.807) is 6.92 Å². The summed E-state index contributed by atoms with van der Waals surface area (Å²) in [5.74, 6) is -0.0255. The lowest BCUT2D eigenvalue weighted by Crippen LogP contribution is -2.32. The molecule has 0 unspecified atom stereocenters. The van der Waals surface area contributed by atoms with Crippen molar-refractivity contribution in [1.29, 1.82) is 0 Å². The lowest BCUT2D eigenvalue weighted by atomic mass is 10.2. The number of hydrogen-bond acceptors (Lipinski definition) is 7. The van der Waals surface area contributed by atoms with Gasteiger partial charge in [-0.3, -0.25) is 14.4 Å². The molecule has 2 amide bonds. The van der Waals surface area contributed by atoms with Gasteiger partial charge in [0.1, 0.15) is 12.4 Å². The Morgan fingerprint density at radius 3 is 2.54 bits per heavy atom. The number of benzene rings is 1. The average molecular weight is 423 g/mol. The van der Waals surface area contributed by atoms with Gasteiger partial charge in [-0.25, -0.2) is 9.78 Å². The first-order valence-electron chi connectivity index (χ1n) is 7.87. The Hall–Kier alpha value is -2.68. The number of rotatable bonds is 5. The van der Waals surface area contributed by atoms with E-state index in [9.17, 15) is 14.4 Å². The number of hydrogen-bond donors (Lipinski definition) is 0. The van der Waals surface area contributed by atoms with Crippen LogP contribution < -0.4 is 0 Å². The van der Waals surface area contributed by atoms with Crippen molar-refractivity contribution in [2.75, 3.05) is 6.61 Å². The lowest BCUT2D eigenvalue weighted by molar-refractivity contribution is -0.177. The molecule has 8 nitrogen and oxygen atoms in total. The van der Waals surface area contributed by atoms with Gasteiger partial charge in [0.05, 0.1) is 5.69 Å². The average Bonchev–Trinajstić information content (AvgIpc) is 3.13. The summed E-state index contributed by atoms with van der Waals surface area (Å²) in [6.45, 7) is 1.74. The molecule has 0 aliphatic carbocycles. The van der Waals surface area contributed by atoms with Gasteiger partial charge in [-0.2, -0.15) is 0 Å². The zero-order chi connectivity index (χ0) is 18.7. The van der Waals surface area contributed by atoms with Crippen LogP contribution in [0.3, 0.4) is 0 Å². The Kier molecular flexibility index (Phi) is 5.36. The Bertz CT molecular complexity index is 829. The van der Waals surface area contributed by atoms with Gasteiger partial charge in [-0.05, 0) is 31.2 Å². The number of halogens is 1. The van der Waals surface area contributed by atoms with Gasteiger partial charge in [0.15, 0.2) is 0 Å². The van der Waals surface area contributed by atoms with Gasteiger partial charge >= 0.3 is 6.16 Å². The van der Waals surface area contributed by atoms with Crippen LogP contribution in [0.2, 0.25) is 0 Å². The number of carbonyl (C=O) groups is 3. The Morgan fingerprint density at radius 2 is 1.88 bits per heavy atom. The van der Waals surface area contributed by atoms with Crippen molar-refractivity contribution in [3.63, 3.8) is 0 Å². The Labute approximate surface area is 157 Å². The van der Waals surface area contributed by atoms with Gasteiger partial charge < -0.3 is 9.15 Å². The number of aromatic nitrogens is 1. The number of aryl methyl sites for hydroxylation is 1. The number of carbonyl (C=O) groups excluding carboxylic acids is 3. The molecule has 26 heavy (non-hydrogen) atoms. The molecule has 9 heteroatoms. The third kappa shape index (κ3) is 4.10. The van der Waals surface area contributed by atoms with Crippen LogP contribution >= 0.6 is 15.9 Å². The second-order valence-corrected chi connectivity index (χ2v) is 6.47. The van der Waals surface area contributed by atoms with Crippen LogP contribution in [-0.2, 0) is 25.6 Å². The number of imide groups is 1. The van der Waals surface area contributed by atoms with Gasteiger partial charge in [0, 0.05) is 29.3 Å². The van der Waals surface area contributed by atoms with Crippen LogP contribution in [0.15, 0.2) is 33.2 Å². The topological polar surface area (TPSA) is 98.9 Å². The van der Waals surface area contributed by atoms with Crippen LogP contribution in [-0.4, -0.2) is 34.6 Å². The first-order valence-corrected chi connectivity index (χ1v) is 8.66. The molecule has 1 aromatic carbocycles. The van der Waals surface area contributed by atoms with Crippen molar-refractivity contribution < 1.29 is 28.4 Å². The molecule has 0 bridgehead atoms. The molecule has 1 aromatic heterocycles. The third-order valence-corrected chi connectivity index (χ3v) is 4.24. The van der Waals surface area contributed by atoms with Crippen molar-refractivity contribution >= 4 is 33.9 Å². The van der Waals surface area contributed by atoms with Crippen molar-refractivity contribution in [2.24, 2.45) is 0 Å². The lowest BCUT2D eigenvalue weighted by Gasteiger charge is -2.12. The number of ether oxygens (including phenoxy) is 1. The van der Waals surface area contributed by atoms with Gasteiger partial charge in [0.25, 0.3) is 11.8 Å².